The van der Waals surface area contributed by atoms with Gasteiger partial charge in [0.2, 0.25) is 0 Å². The van der Waals surface area contributed by atoms with Gasteiger partial charge in [0, 0.05) is 19.5 Å². The van der Waals surface area contributed by atoms with Gasteiger partial charge >= 0.3 is 12.3 Å². The van der Waals surface area contributed by atoms with Gasteiger partial charge in [-0.25, -0.2) is 0 Å². The number of rotatable bonds is 9. The van der Waals surface area contributed by atoms with E-state index >= 15 is 0 Å². The molecule has 3 aromatic rings. The van der Waals surface area contributed by atoms with Crippen LogP contribution in [0.5, 0.6) is 11.5 Å². The normalized spacial score (nSPS) is 13.3. The Labute approximate surface area is 201 Å². The summed E-state index contributed by atoms with van der Waals surface area (Å²) in [5, 5.41) is 8.83. The lowest BCUT2D eigenvalue weighted by atomic mass is 10.00. The molecule has 1 aliphatic rings. The quantitative estimate of drug-likeness (QED) is 0.395. The molecule has 0 fully saturated rings. The van der Waals surface area contributed by atoms with Gasteiger partial charge in [0.1, 0.15) is 18.1 Å². The molecule has 0 aliphatic carbocycles. The number of carboxylic acid groups (broad SMARTS) is 1. The molecule has 4 rings (SSSR count). The third kappa shape index (κ3) is 6.91. The van der Waals surface area contributed by atoms with Crippen molar-refractivity contribution in [3.05, 3.63) is 89.0 Å². The molecule has 1 N–H and O–H groups in total. The molecular formula is C27H26F3NO4. The monoisotopic (exact) mass is 485 g/mol. The van der Waals surface area contributed by atoms with Gasteiger partial charge in [-0.15, -0.1) is 13.2 Å². The molecule has 5 nitrogen and oxygen atoms in total. The molecular weight excluding hydrogens is 459 g/mol. The standard InChI is InChI=1S/C27H26F3NO4/c28-27(29,30)35-23-13-10-20(11-14-23)17-31-16-2-4-22-3-1-5-24(26(22)31)34-18-21-8-6-19(7-9-21)12-15-25(32)33/h1,3,5-11,13-14H,2,4,12,15-18H2,(H,32,33). The molecule has 0 saturated carbocycles. The van der Waals surface area contributed by atoms with Crippen molar-refractivity contribution in [3.8, 4) is 11.5 Å². The number of halogens is 3. The maximum Gasteiger partial charge on any atom is 0.573 e. The average Bonchev–Trinajstić information content (AvgIpc) is 2.82. The Balaban J connectivity index is 1.44. The molecule has 8 heteroatoms. The smallest absolute Gasteiger partial charge is 0.487 e. The van der Waals surface area contributed by atoms with Crippen LogP contribution in [0.3, 0.4) is 0 Å². The highest BCUT2D eigenvalue weighted by Crippen LogP contribution is 2.38. The predicted molar refractivity (Wildman–Crippen MR) is 126 cm³/mol. The van der Waals surface area contributed by atoms with Crippen LogP contribution in [0.1, 0.15) is 35.1 Å². The number of benzene rings is 3. The molecule has 0 radical (unpaired) electrons. The van der Waals surface area contributed by atoms with Crippen LogP contribution < -0.4 is 14.4 Å². The topological polar surface area (TPSA) is 59.0 Å². The highest BCUT2D eigenvalue weighted by molar-refractivity contribution is 5.67. The first-order chi connectivity index (χ1) is 16.8. The lowest BCUT2D eigenvalue weighted by Crippen LogP contribution is -2.29. The van der Waals surface area contributed by atoms with Crippen LogP contribution in [0, 0.1) is 0 Å². The van der Waals surface area contributed by atoms with E-state index in [0.29, 0.717) is 19.6 Å². The van der Waals surface area contributed by atoms with Crippen molar-refractivity contribution >= 4 is 11.7 Å². The number of nitrogens with zero attached hydrogens (tertiary/aromatic N) is 1. The van der Waals surface area contributed by atoms with Crippen molar-refractivity contribution in [2.45, 2.75) is 45.2 Å². The van der Waals surface area contributed by atoms with E-state index in [4.69, 9.17) is 9.84 Å². The summed E-state index contributed by atoms with van der Waals surface area (Å²) in [6.07, 6.45) is -2.22. The van der Waals surface area contributed by atoms with Gasteiger partial charge in [-0.1, -0.05) is 48.5 Å². The van der Waals surface area contributed by atoms with Crippen LogP contribution >= 0.6 is 0 Å². The number of carboxylic acids is 1. The van der Waals surface area contributed by atoms with Crippen molar-refractivity contribution in [1.82, 2.24) is 0 Å². The predicted octanol–water partition coefficient (Wildman–Crippen LogP) is 6.13. The number of para-hydroxylation sites is 1. The molecule has 0 saturated heterocycles. The van der Waals surface area contributed by atoms with E-state index in [2.05, 4.69) is 15.7 Å². The maximum absolute atomic E-state index is 12.4. The number of carbonyl (C=O) groups is 1. The van der Waals surface area contributed by atoms with Crippen molar-refractivity contribution in [1.29, 1.82) is 0 Å². The molecule has 0 spiro atoms. The lowest BCUT2D eigenvalue weighted by molar-refractivity contribution is -0.274. The zero-order valence-corrected chi connectivity index (χ0v) is 19.1. The minimum atomic E-state index is -4.71. The van der Waals surface area contributed by atoms with E-state index in [-0.39, 0.29) is 12.2 Å². The molecule has 1 aliphatic heterocycles. The van der Waals surface area contributed by atoms with E-state index < -0.39 is 12.3 Å². The van der Waals surface area contributed by atoms with Gasteiger partial charge in [0.15, 0.2) is 0 Å². The zero-order valence-electron chi connectivity index (χ0n) is 19.1. The SMILES string of the molecule is O=C(O)CCc1ccc(COc2cccc3c2N(Cc2ccc(OC(F)(F)F)cc2)CCC3)cc1. The fraction of sp³-hybridized carbons (Fsp3) is 0.296. The van der Waals surface area contributed by atoms with Gasteiger partial charge < -0.3 is 19.5 Å². The third-order valence-corrected chi connectivity index (χ3v) is 5.85. The molecule has 0 amide bonds. The molecule has 0 atom stereocenters. The highest BCUT2D eigenvalue weighted by Gasteiger charge is 2.31. The number of fused-ring (bicyclic) bond motifs is 1. The fourth-order valence-corrected chi connectivity index (χ4v) is 4.21. The molecule has 0 bridgehead atoms. The van der Waals surface area contributed by atoms with Crippen molar-refractivity contribution < 1.29 is 32.5 Å². The Morgan fingerprint density at radius 3 is 2.31 bits per heavy atom. The Hall–Kier alpha value is -3.68. The molecule has 0 unspecified atom stereocenters. The number of aliphatic carboxylic acids is 1. The second-order valence-electron chi connectivity index (χ2n) is 8.48. The second kappa shape index (κ2) is 10.7. The van der Waals surface area contributed by atoms with Gasteiger partial charge in [0.25, 0.3) is 0 Å². The molecule has 0 aromatic heterocycles. The van der Waals surface area contributed by atoms with E-state index in [9.17, 15) is 18.0 Å². The largest absolute Gasteiger partial charge is 0.573 e. The summed E-state index contributed by atoms with van der Waals surface area (Å²) in [7, 11) is 0. The minimum absolute atomic E-state index is 0.0971. The summed E-state index contributed by atoms with van der Waals surface area (Å²) in [5.74, 6) is -0.297. The number of alkyl halides is 3. The number of anilines is 1. The van der Waals surface area contributed by atoms with Crippen molar-refractivity contribution in [2.24, 2.45) is 0 Å². The minimum Gasteiger partial charge on any atom is -0.487 e. The summed E-state index contributed by atoms with van der Waals surface area (Å²) in [6, 6.07) is 19.6. The van der Waals surface area contributed by atoms with Crippen LogP contribution in [-0.4, -0.2) is 24.0 Å². The molecule has 35 heavy (non-hydrogen) atoms. The number of ether oxygens (including phenoxy) is 2. The van der Waals surface area contributed by atoms with Crippen molar-refractivity contribution in [2.75, 3.05) is 11.4 Å². The fourth-order valence-electron chi connectivity index (χ4n) is 4.21. The van der Waals surface area contributed by atoms with Gasteiger partial charge in [-0.3, -0.25) is 4.79 Å². The van der Waals surface area contributed by atoms with E-state index in [1.807, 2.05) is 36.4 Å². The summed E-state index contributed by atoms with van der Waals surface area (Å²) < 4.78 is 47.5. The van der Waals surface area contributed by atoms with E-state index in [1.165, 1.54) is 17.7 Å². The first-order valence-corrected chi connectivity index (χ1v) is 11.4. The first-order valence-electron chi connectivity index (χ1n) is 11.4. The first kappa shape index (κ1) is 24.4. The highest BCUT2D eigenvalue weighted by atomic mass is 19.4. The number of hydrogen-bond acceptors (Lipinski definition) is 4. The molecule has 1 heterocycles. The molecule has 3 aromatic carbocycles. The Kier molecular flexibility index (Phi) is 7.48. The van der Waals surface area contributed by atoms with Gasteiger partial charge in [-0.05, 0) is 59.7 Å². The van der Waals surface area contributed by atoms with Crippen LogP contribution in [-0.2, 0) is 30.8 Å². The van der Waals surface area contributed by atoms with E-state index in [1.54, 1.807) is 12.1 Å². The van der Waals surface area contributed by atoms with Crippen molar-refractivity contribution in [3.63, 3.8) is 0 Å². The summed E-state index contributed by atoms with van der Waals surface area (Å²) in [6.45, 7) is 1.72. The Bertz CT molecular complexity index is 1140. The zero-order chi connectivity index (χ0) is 24.8. The lowest BCUT2D eigenvalue weighted by Gasteiger charge is -2.33. The summed E-state index contributed by atoms with van der Waals surface area (Å²) >= 11 is 0. The Morgan fingerprint density at radius 1 is 0.943 bits per heavy atom. The summed E-state index contributed by atoms with van der Waals surface area (Å²) in [4.78, 5) is 12.9. The maximum atomic E-state index is 12.4. The second-order valence-corrected chi connectivity index (χ2v) is 8.48. The van der Waals surface area contributed by atoms with Crippen LogP contribution in [0.25, 0.3) is 0 Å². The Morgan fingerprint density at radius 2 is 1.63 bits per heavy atom. The number of hydrogen-bond donors (Lipinski definition) is 1. The van der Waals surface area contributed by atoms with Crippen LogP contribution in [0.15, 0.2) is 66.7 Å². The van der Waals surface area contributed by atoms with Gasteiger partial charge in [-0.2, -0.15) is 0 Å². The average molecular weight is 486 g/mol. The number of aryl methyl sites for hydroxylation is 2. The van der Waals surface area contributed by atoms with Gasteiger partial charge in [0.05, 0.1) is 5.69 Å². The van der Waals surface area contributed by atoms with Crippen LogP contribution in [0.4, 0.5) is 18.9 Å². The molecule has 184 valence electrons. The van der Waals surface area contributed by atoms with Crippen LogP contribution in [0.2, 0.25) is 0 Å². The summed E-state index contributed by atoms with van der Waals surface area (Å²) in [5.41, 5.74) is 5.00. The third-order valence-electron chi connectivity index (χ3n) is 5.85. The van der Waals surface area contributed by atoms with E-state index in [0.717, 1.165) is 47.5 Å².